The van der Waals surface area contributed by atoms with E-state index in [0.717, 1.165) is 37.7 Å². The predicted molar refractivity (Wildman–Crippen MR) is 86.3 cm³/mol. The highest BCUT2D eigenvalue weighted by Crippen LogP contribution is 2.26. The molecular formula is C18H28O4. The molecule has 0 bridgehead atoms. The first-order chi connectivity index (χ1) is 10.6. The lowest BCUT2D eigenvalue weighted by Gasteiger charge is -2.17. The lowest BCUT2D eigenvalue weighted by Crippen LogP contribution is -2.25. The fourth-order valence-corrected chi connectivity index (χ4v) is 2.22. The first kappa shape index (κ1) is 18.5. The Bertz CT molecular complexity index is 434. The smallest absolute Gasteiger partial charge is 0.334 e. The van der Waals surface area contributed by atoms with E-state index in [1.54, 1.807) is 6.08 Å². The molecule has 0 aliphatic heterocycles. The highest BCUT2D eigenvalue weighted by molar-refractivity contribution is 5.96. The van der Waals surface area contributed by atoms with Crippen molar-refractivity contribution in [2.45, 2.75) is 59.3 Å². The topological polar surface area (TPSA) is 52.6 Å². The molecule has 124 valence electrons. The van der Waals surface area contributed by atoms with E-state index in [-0.39, 0.29) is 5.97 Å². The summed E-state index contributed by atoms with van der Waals surface area (Å²) in [6.07, 6.45) is 8.62. The average molecular weight is 308 g/mol. The maximum Gasteiger partial charge on any atom is 0.334 e. The van der Waals surface area contributed by atoms with Crippen molar-refractivity contribution in [2.75, 3.05) is 13.2 Å². The van der Waals surface area contributed by atoms with E-state index < -0.39 is 11.9 Å². The number of hydrogen-bond acceptors (Lipinski definition) is 4. The molecule has 0 saturated carbocycles. The third kappa shape index (κ3) is 6.04. The summed E-state index contributed by atoms with van der Waals surface area (Å²) in [5.41, 5.74) is 1.58. The summed E-state index contributed by atoms with van der Waals surface area (Å²) < 4.78 is 10.6. The SMILES string of the molecule is CCCCOC(=O)C1=CC=C(C)CCC1C(=O)OCCCC. The Balaban J connectivity index is 2.74. The monoisotopic (exact) mass is 308 g/mol. The Morgan fingerprint density at radius 1 is 1.09 bits per heavy atom. The van der Waals surface area contributed by atoms with Crippen LogP contribution in [0.2, 0.25) is 0 Å². The van der Waals surface area contributed by atoms with Crippen molar-refractivity contribution in [1.29, 1.82) is 0 Å². The van der Waals surface area contributed by atoms with Gasteiger partial charge in [0.15, 0.2) is 0 Å². The molecule has 0 saturated heterocycles. The van der Waals surface area contributed by atoms with E-state index in [1.165, 1.54) is 0 Å². The van der Waals surface area contributed by atoms with Crippen LogP contribution in [0.4, 0.5) is 0 Å². The van der Waals surface area contributed by atoms with Crippen LogP contribution in [0.3, 0.4) is 0 Å². The van der Waals surface area contributed by atoms with Gasteiger partial charge in [0, 0.05) is 0 Å². The third-order valence-corrected chi connectivity index (χ3v) is 3.74. The molecule has 0 aromatic rings. The Hall–Kier alpha value is -1.58. The average Bonchev–Trinajstić information content (AvgIpc) is 2.69. The minimum atomic E-state index is -0.514. The van der Waals surface area contributed by atoms with Crippen LogP contribution in [-0.2, 0) is 19.1 Å². The number of rotatable bonds is 8. The minimum absolute atomic E-state index is 0.310. The van der Waals surface area contributed by atoms with Crippen LogP contribution in [0.15, 0.2) is 23.3 Å². The normalized spacial score (nSPS) is 18.0. The molecule has 0 aromatic heterocycles. The van der Waals surface area contributed by atoms with Crippen LogP contribution in [0.1, 0.15) is 59.3 Å². The van der Waals surface area contributed by atoms with Gasteiger partial charge in [-0.2, -0.15) is 0 Å². The van der Waals surface area contributed by atoms with E-state index in [2.05, 4.69) is 0 Å². The number of hydrogen-bond donors (Lipinski definition) is 0. The van der Waals surface area contributed by atoms with Gasteiger partial charge in [0.2, 0.25) is 0 Å². The molecular weight excluding hydrogens is 280 g/mol. The summed E-state index contributed by atoms with van der Waals surface area (Å²) in [6, 6.07) is 0. The maximum absolute atomic E-state index is 12.3. The van der Waals surface area contributed by atoms with Gasteiger partial charge in [-0.05, 0) is 32.6 Å². The zero-order valence-electron chi connectivity index (χ0n) is 14.0. The van der Waals surface area contributed by atoms with Crippen LogP contribution in [0, 0.1) is 5.92 Å². The summed E-state index contributed by atoms with van der Waals surface area (Å²) in [7, 11) is 0. The third-order valence-electron chi connectivity index (χ3n) is 3.74. The van der Waals surface area contributed by atoms with Crippen LogP contribution in [-0.4, -0.2) is 25.2 Å². The molecule has 0 aromatic carbocycles. The first-order valence-electron chi connectivity index (χ1n) is 8.31. The minimum Gasteiger partial charge on any atom is -0.465 e. The van der Waals surface area contributed by atoms with Gasteiger partial charge in [-0.25, -0.2) is 4.79 Å². The van der Waals surface area contributed by atoms with Crippen molar-refractivity contribution >= 4 is 11.9 Å². The number of unbranched alkanes of at least 4 members (excludes halogenated alkanes) is 2. The number of ether oxygens (including phenoxy) is 2. The van der Waals surface area contributed by atoms with Crippen LogP contribution in [0.5, 0.6) is 0 Å². The molecule has 1 unspecified atom stereocenters. The molecule has 0 N–H and O–H groups in total. The second kappa shape index (κ2) is 10.2. The Labute approximate surface area is 133 Å². The molecule has 0 radical (unpaired) electrons. The van der Waals surface area contributed by atoms with Crippen molar-refractivity contribution in [3.8, 4) is 0 Å². The van der Waals surface area contributed by atoms with Crippen molar-refractivity contribution in [2.24, 2.45) is 5.92 Å². The van der Waals surface area contributed by atoms with Gasteiger partial charge in [-0.3, -0.25) is 4.79 Å². The Morgan fingerprint density at radius 2 is 1.73 bits per heavy atom. The fraction of sp³-hybridized carbons (Fsp3) is 0.667. The molecule has 1 atom stereocenters. The van der Waals surface area contributed by atoms with Crippen molar-refractivity contribution in [1.82, 2.24) is 0 Å². The number of allylic oxidation sites excluding steroid dienone is 3. The molecule has 0 spiro atoms. The lowest BCUT2D eigenvalue weighted by molar-refractivity contribution is -0.150. The van der Waals surface area contributed by atoms with E-state index in [4.69, 9.17) is 9.47 Å². The quantitative estimate of drug-likeness (QED) is 0.503. The van der Waals surface area contributed by atoms with Crippen molar-refractivity contribution < 1.29 is 19.1 Å². The van der Waals surface area contributed by atoms with Crippen LogP contribution >= 0.6 is 0 Å². The molecule has 0 heterocycles. The second-order valence-electron chi connectivity index (χ2n) is 5.74. The van der Waals surface area contributed by atoms with Gasteiger partial charge in [0.25, 0.3) is 0 Å². The summed E-state index contributed by atoms with van der Waals surface area (Å²) in [6.45, 7) is 6.90. The molecule has 0 amide bonds. The summed E-state index contributed by atoms with van der Waals surface area (Å²) in [5.74, 6) is -1.22. The molecule has 0 fully saturated rings. The second-order valence-corrected chi connectivity index (χ2v) is 5.74. The van der Waals surface area contributed by atoms with E-state index in [9.17, 15) is 9.59 Å². The summed E-state index contributed by atoms with van der Waals surface area (Å²) >= 11 is 0. The highest BCUT2D eigenvalue weighted by atomic mass is 16.5. The van der Waals surface area contributed by atoms with Gasteiger partial charge < -0.3 is 9.47 Å². The van der Waals surface area contributed by atoms with Gasteiger partial charge in [-0.15, -0.1) is 0 Å². The molecule has 1 rings (SSSR count). The van der Waals surface area contributed by atoms with Crippen LogP contribution in [0.25, 0.3) is 0 Å². The lowest BCUT2D eigenvalue weighted by atomic mass is 9.94. The fourth-order valence-electron chi connectivity index (χ4n) is 2.22. The van der Waals surface area contributed by atoms with Gasteiger partial charge >= 0.3 is 11.9 Å². The largest absolute Gasteiger partial charge is 0.465 e. The van der Waals surface area contributed by atoms with Gasteiger partial charge in [0.05, 0.1) is 24.7 Å². The summed E-state index contributed by atoms with van der Waals surface area (Å²) in [4.78, 5) is 24.5. The number of esters is 2. The van der Waals surface area contributed by atoms with Gasteiger partial charge in [0.1, 0.15) is 0 Å². The predicted octanol–water partition coefficient (Wildman–Crippen LogP) is 3.96. The van der Waals surface area contributed by atoms with Crippen molar-refractivity contribution in [3.63, 3.8) is 0 Å². The standard InChI is InChI=1S/C18H28O4/c1-4-6-12-21-17(19)15-10-8-14(3)9-11-16(15)18(20)22-13-7-5-2/h8,10,16H,4-7,9,11-13H2,1-3H3. The maximum atomic E-state index is 12.3. The molecule has 4 nitrogen and oxygen atoms in total. The summed E-state index contributed by atoms with van der Waals surface area (Å²) in [5, 5.41) is 0. The van der Waals surface area contributed by atoms with Crippen molar-refractivity contribution in [3.05, 3.63) is 23.3 Å². The molecule has 1 aliphatic carbocycles. The Morgan fingerprint density at radius 3 is 2.36 bits per heavy atom. The first-order valence-corrected chi connectivity index (χ1v) is 8.31. The number of carbonyl (C=O) groups excluding carboxylic acids is 2. The molecule has 4 heteroatoms. The van der Waals surface area contributed by atoms with E-state index >= 15 is 0 Å². The zero-order valence-corrected chi connectivity index (χ0v) is 14.0. The van der Waals surface area contributed by atoms with E-state index in [1.807, 2.05) is 26.8 Å². The van der Waals surface area contributed by atoms with E-state index in [0.29, 0.717) is 25.2 Å². The molecule has 22 heavy (non-hydrogen) atoms. The van der Waals surface area contributed by atoms with Crippen LogP contribution < -0.4 is 0 Å². The Kier molecular flexibility index (Phi) is 8.56. The molecule has 1 aliphatic rings. The number of carbonyl (C=O) groups is 2. The highest BCUT2D eigenvalue weighted by Gasteiger charge is 2.30. The zero-order chi connectivity index (χ0) is 16.4. The van der Waals surface area contributed by atoms with Gasteiger partial charge in [-0.1, -0.05) is 44.4 Å².